The van der Waals surface area contributed by atoms with Gasteiger partial charge in [-0.2, -0.15) is 4.52 Å². The van der Waals surface area contributed by atoms with Gasteiger partial charge in [0.1, 0.15) is 12.4 Å². The van der Waals surface area contributed by atoms with Crippen LogP contribution in [-0.4, -0.2) is 48.5 Å². The Morgan fingerprint density at radius 3 is 2.66 bits per heavy atom. The monoisotopic (exact) mass is 453 g/mol. The fraction of sp³-hybridized carbons (Fsp3) is 0.227. The minimum Gasteiger partial charge on any atom is -0.496 e. The van der Waals surface area contributed by atoms with Gasteiger partial charge in [0.15, 0.2) is 11.5 Å². The van der Waals surface area contributed by atoms with Gasteiger partial charge >= 0.3 is 0 Å². The Kier molecular flexibility index (Phi) is 6.06. The molecular weight excluding hydrogens is 430 g/mol. The van der Waals surface area contributed by atoms with Crippen molar-refractivity contribution in [2.75, 3.05) is 20.3 Å². The summed E-state index contributed by atoms with van der Waals surface area (Å²) < 4.78 is 40.4. The zero-order valence-corrected chi connectivity index (χ0v) is 18.8. The van der Waals surface area contributed by atoms with E-state index in [-0.39, 0.29) is 18.0 Å². The van der Waals surface area contributed by atoms with Crippen LogP contribution in [0.15, 0.2) is 59.5 Å². The van der Waals surface area contributed by atoms with Gasteiger partial charge in [-0.15, -0.1) is 15.3 Å². The van der Waals surface area contributed by atoms with E-state index in [2.05, 4.69) is 20.0 Å². The number of aromatic nitrogens is 4. The smallest absolute Gasteiger partial charge is 0.240 e. The van der Waals surface area contributed by atoms with Gasteiger partial charge in [0.25, 0.3) is 0 Å². The highest BCUT2D eigenvalue weighted by molar-refractivity contribution is 7.89. The summed E-state index contributed by atoms with van der Waals surface area (Å²) in [5.41, 5.74) is 2.86. The first-order chi connectivity index (χ1) is 15.4. The van der Waals surface area contributed by atoms with Gasteiger partial charge in [0, 0.05) is 12.6 Å². The molecule has 32 heavy (non-hydrogen) atoms. The maximum Gasteiger partial charge on any atom is 0.240 e. The predicted molar refractivity (Wildman–Crippen MR) is 119 cm³/mol. The molecule has 0 unspecified atom stereocenters. The molecule has 2 aromatic carbocycles. The third-order valence-corrected chi connectivity index (χ3v) is 6.47. The van der Waals surface area contributed by atoms with E-state index in [1.807, 2.05) is 37.3 Å². The second-order valence-corrected chi connectivity index (χ2v) is 8.92. The number of rotatable bonds is 8. The first-order valence-corrected chi connectivity index (χ1v) is 11.4. The van der Waals surface area contributed by atoms with Crippen molar-refractivity contribution >= 4 is 15.7 Å². The second kappa shape index (κ2) is 8.93. The highest BCUT2D eigenvalue weighted by Gasteiger charge is 2.17. The van der Waals surface area contributed by atoms with Gasteiger partial charge in [-0.25, -0.2) is 13.1 Å². The molecule has 166 valence electrons. The first-order valence-electron chi connectivity index (χ1n) is 9.94. The molecule has 0 spiro atoms. The van der Waals surface area contributed by atoms with Gasteiger partial charge in [-0.05, 0) is 49.2 Å². The lowest BCUT2D eigenvalue weighted by atomic mass is 10.2. The Morgan fingerprint density at radius 2 is 1.84 bits per heavy atom. The van der Waals surface area contributed by atoms with Crippen LogP contribution in [0.5, 0.6) is 11.6 Å². The van der Waals surface area contributed by atoms with Crippen molar-refractivity contribution in [1.29, 1.82) is 0 Å². The van der Waals surface area contributed by atoms with Gasteiger partial charge in [-0.1, -0.05) is 24.3 Å². The lowest BCUT2D eigenvalue weighted by molar-refractivity contribution is 0.306. The number of benzene rings is 2. The molecule has 0 atom stereocenters. The van der Waals surface area contributed by atoms with Gasteiger partial charge in [0.2, 0.25) is 15.9 Å². The summed E-state index contributed by atoms with van der Waals surface area (Å²) in [4.78, 5) is 0.267. The van der Waals surface area contributed by atoms with Crippen LogP contribution < -0.4 is 14.2 Å². The van der Waals surface area contributed by atoms with Crippen LogP contribution in [0, 0.1) is 13.8 Å². The van der Waals surface area contributed by atoms with Crippen LogP contribution in [0.4, 0.5) is 0 Å². The van der Waals surface area contributed by atoms with Crippen molar-refractivity contribution in [2.24, 2.45) is 0 Å². The molecule has 9 nitrogen and oxygen atoms in total. The molecule has 4 aromatic rings. The average molecular weight is 454 g/mol. The highest BCUT2D eigenvalue weighted by Crippen LogP contribution is 2.28. The Morgan fingerprint density at radius 1 is 1.03 bits per heavy atom. The van der Waals surface area contributed by atoms with Crippen molar-refractivity contribution in [3.63, 3.8) is 0 Å². The molecule has 0 saturated heterocycles. The number of hydrogen-bond donors (Lipinski definition) is 1. The molecule has 2 aromatic heterocycles. The molecule has 0 bridgehead atoms. The Labute approximate surface area is 186 Å². The van der Waals surface area contributed by atoms with Crippen molar-refractivity contribution in [3.05, 3.63) is 65.7 Å². The molecule has 0 radical (unpaired) electrons. The summed E-state index contributed by atoms with van der Waals surface area (Å²) in [5, 5.41) is 12.8. The van der Waals surface area contributed by atoms with Crippen molar-refractivity contribution in [1.82, 2.24) is 24.5 Å². The van der Waals surface area contributed by atoms with Crippen LogP contribution in [0.1, 0.15) is 11.1 Å². The van der Waals surface area contributed by atoms with E-state index in [9.17, 15) is 8.42 Å². The maximum absolute atomic E-state index is 12.6. The second-order valence-electron chi connectivity index (χ2n) is 7.18. The molecule has 0 fully saturated rings. The summed E-state index contributed by atoms with van der Waals surface area (Å²) in [7, 11) is -2.05. The molecule has 1 N–H and O–H groups in total. The molecule has 0 amide bonds. The van der Waals surface area contributed by atoms with Crippen LogP contribution in [0.25, 0.3) is 17.0 Å². The van der Waals surface area contributed by atoms with E-state index >= 15 is 0 Å². The van der Waals surface area contributed by atoms with E-state index in [1.165, 1.54) is 0 Å². The minimum absolute atomic E-state index is 0.0942. The average Bonchev–Trinajstić information content (AvgIpc) is 3.21. The number of nitrogens with zero attached hydrogens (tertiary/aromatic N) is 4. The van der Waals surface area contributed by atoms with Gasteiger partial charge in [0.05, 0.1) is 17.6 Å². The summed E-state index contributed by atoms with van der Waals surface area (Å²) in [6, 6.07) is 16.2. The summed E-state index contributed by atoms with van der Waals surface area (Å²) >= 11 is 0. The maximum atomic E-state index is 12.6. The third-order valence-electron chi connectivity index (χ3n) is 4.86. The largest absolute Gasteiger partial charge is 0.496 e. The Bertz CT molecular complexity index is 1370. The van der Waals surface area contributed by atoms with Gasteiger partial charge in [-0.3, -0.25) is 0 Å². The predicted octanol–water partition coefficient (Wildman–Crippen LogP) is 2.77. The number of fused-ring (bicyclic) bond motifs is 1. The SMILES string of the molecule is COc1ccccc1-c1nnc2ccc(OCCNS(=O)(=O)c3cc(C)ccc3C)nn12. The van der Waals surface area contributed by atoms with E-state index in [0.29, 0.717) is 28.7 Å². The first kappa shape index (κ1) is 21.7. The molecule has 2 heterocycles. The lowest BCUT2D eigenvalue weighted by Crippen LogP contribution is -2.29. The number of ether oxygens (including phenoxy) is 2. The van der Waals surface area contributed by atoms with Crippen LogP contribution >= 0.6 is 0 Å². The Balaban J connectivity index is 1.47. The third kappa shape index (κ3) is 4.41. The summed E-state index contributed by atoms with van der Waals surface area (Å²) in [5.74, 6) is 1.48. The summed E-state index contributed by atoms with van der Waals surface area (Å²) in [6.45, 7) is 3.82. The zero-order chi connectivity index (χ0) is 22.7. The highest BCUT2D eigenvalue weighted by atomic mass is 32.2. The minimum atomic E-state index is -3.63. The van der Waals surface area contributed by atoms with E-state index in [1.54, 1.807) is 42.8 Å². The molecular formula is C22H23N5O4S. The van der Waals surface area contributed by atoms with Gasteiger partial charge < -0.3 is 9.47 Å². The molecule has 4 rings (SSSR count). The topological polar surface area (TPSA) is 108 Å². The van der Waals surface area contributed by atoms with Crippen LogP contribution in [0.2, 0.25) is 0 Å². The summed E-state index contributed by atoms with van der Waals surface area (Å²) in [6.07, 6.45) is 0. The number of nitrogens with one attached hydrogen (secondary N) is 1. The number of hydrogen-bond acceptors (Lipinski definition) is 7. The number of aryl methyl sites for hydroxylation is 2. The Hall–Kier alpha value is -3.50. The quantitative estimate of drug-likeness (QED) is 0.409. The van der Waals surface area contributed by atoms with Crippen LogP contribution in [0.3, 0.4) is 0 Å². The number of sulfonamides is 1. The van der Waals surface area contributed by atoms with E-state index in [4.69, 9.17) is 9.47 Å². The molecule has 0 aliphatic carbocycles. The van der Waals surface area contributed by atoms with Crippen molar-refractivity contribution in [2.45, 2.75) is 18.7 Å². The number of methoxy groups -OCH3 is 1. The molecule has 0 saturated carbocycles. The lowest BCUT2D eigenvalue weighted by Gasteiger charge is -2.11. The molecule has 0 aliphatic rings. The normalized spacial score (nSPS) is 11.6. The fourth-order valence-electron chi connectivity index (χ4n) is 3.25. The van der Waals surface area contributed by atoms with Crippen molar-refractivity contribution < 1.29 is 17.9 Å². The standard InChI is InChI=1S/C22H23N5O4S/c1-15-8-9-16(2)19(14-15)32(28,29)23-12-13-31-21-11-10-20-24-25-22(27(20)26-21)17-6-4-5-7-18(17)30-3/h4-11,14,23H,12-13H2,1-3H3. The molecule has 10 heteroatoms. The van der Waals surface area contributed by atoms with Crippen molar-refractivity contribution in [3.8, 4) is 23.0 Å². The van der Waals surface area contributed by atoms with Crippen LogP contribution in [-0.2, 0) is 10.0 Å². The number of para-hydroxylation sites is 1. The zero-order valence-electron chi connectivity index (χ0n) is 17.9. The van der Waals surface area contributed by atoms with E-state index in [0.717, 1.165) is 11.1 Å². The van der Waals surface area contributed by atoms with E-state index < -0.39 is 10.0 Å². The molecule has 0 aliphatic heterocycles. The fourth-order valence-corrected chi connectivity index (χ4v) is 4.59.